The van der Waals surface area contributed by atoms with Crippen LogP contribution in [-0.4, -0.2) is 51.7 Å². The number of ketones is 1. The van der Waals surface area contributed by atoms with E-state index in [-0.39, 0.29) is 57.8 Å². The number of aliphatic carboxylic acids is 1. The Hall–Kier alpha value is -2.29. The van der Waals surface area contributed by atoms with Crippen molar-refractivity contribution in [2.24, 2.45) is 56.2 Å². The first kappa shape index (κ1) is 40.4. The largest absolute Gasteiger partial charge is 0.481 e. The number of fused-ring (bicyclic) bond motifs is 7. The van der Waals surface area contributed by atoms with E-state index in [1.54, 1.807) is 20.0 Å². The molecule has 6 rings (SSSR count). The van der Waals surface area contributed by atoms with Gasteiger partial charge in [0.05, 0.1) is 28.7 Å². The zero-order chi connectivity index (χ0) is 39.1. The van der Waals surface area contributed by atoms with E-state index in [9.17, 15) is 24.6 Å². The van der Waals surface area contributed by atoms with Gasteiger partial charge in [-0.1, -0.05) is 65.6 Å². The van der Waals surface area contributed by atoms with Crippen LogP contribution in [0.15, 0.2) is 29.5 Å². The predicted octanol–water partition coefficient (Wildman–Crippen LogP) is 9.14. The zero-order valence-electron chi connectivity index (χ0n) is 33.9. The molecule has 3 N–H and O–H groups in total. The summed E-state index contributed by atoms with van der Waals surface area (Å²) < 4.78 is 6.17. The van der Waals surface area contributed by atoms with Gasteiger partial charge in [-0.25, -0.2) is 0 Å². The van der Waals surface area contributed by atoms with E-state index < -0.39 is 28.9 Å². The van der Waals surface area contributed by atoms with Crippen molar-refractivity contribution in [2.45, 2.75) is 152 Å². The maximum atomic E-state index is 14.1. The van der Waals surface area contributed by atoms with Crippen LogP contribution in [0.4, 0.5) is 0 Å². The third-order valence-corrected chi connectivity index (χ3v) is 16.5. The van der Waals surface area contributed by atoms with E-state index in [0.717, 1.165) is 62.6 Å². The summed E-state index contributed by atoms with van der Waals surface area (Å²) in [6.45, 7) is 22.0. The highest BCUT2D eigenvalue weighted by atomic mass is 35.5. The van der Waals surface area contributed by atoms with Gasteiger partial charge in [0.15, 0.2) is 5.78 Å². The molecule has 1 aromatic heterocycles. The summed E-state index contributed by atoms with van der Waals surface area (Å²) in [5.41, 5.74) is 1.18. The number of esters is 1. The lowest BCUT2D eigenvalue weighted by Gasteiger charge is -2.72. The lowest BCUT2D eigenvalue weighted by Crippen LogP contribution is -2.66. The number of rotatable bonds is 10. The molecule has 0 aliphatic heterocycles. The third-order valence-electron chi connectivity index (χ3n) is 16.3. The van der Waals surface area contributed by atoms with Crippen molar-refractivity contribution in [2.75, 3.05) is 6.54 Å². The van der Waals surface area contributed by atoms with Crippen molar-refractivity contribution in [1.82, 2.24) is 10.3 Å². The number of hydrogen-bond donors (Lipinski definition) is 3. The summed E-state index contributed by atoms with van der Waals surface area (Å²) in [4.78, 5) is 43.4. The highest BCUT2D eigenvalue weighted by molar-refractivity contribution is 6.30. The van der Waals surface area contributed by atoms with Gasteiger partial charge < -0.3 is 20.3 Å². The zero-order valence-corrected chi connectivity index (χ0v) is 34.7. The standard InChI is InChI=1S/C44H65ClN2O6/c1-25(2)36-30(48)21-44(33(49)24-46-26(3)29-13-11-27(45)23-47-29)20-19-42(9)28(37(36)44)12-14-32-41(8)17-16-34(53-35(50)22-39(4,5)38(51)52)40(6,7)31(41)15-18-43(32,42)10/h11,13,23,25-26,28,31-34,46,49H,12,14-22,24H2,1-10H3,(H,51,52)/t26-,28-,31+,32-,33?,34+,41+,42-,43-,44?/m1/s1. The topological polar surface area (TPSA) is 126 Å². The molecular weight excluding hydrogens is 688 g/mol. The Balaban J connectivity index is 1.26. The van der Waals surface area contributed by atoms with Crippen LogP contribution in [0.25, 0.3) is 0 Å². The van der Waals surface area contributed by atoms with Crippen LogP contribution >= 0.6 is 11.6 Å². The smallest absolute Gasteiger partial charge is 0.309 e. The highest BCUT2D eigenvalue weighted by Crippen LogP contribution is 2.77. The van der Waals surface area contributed by atoms with Crippen LogP contribution in [0.2, 0.25) is 5.02 Å². The third kappa shape index (κ3) is 6.33. The molecule has 2 unspecified atom stereocenters. The van der Waals surface area contributed by atoms with Crippen LogP contribution in [0, 0.1) is 56.2 Å². The number of aliphatic hydroxyl groups excluding tert-OH is 1. The number of carboxylic acid groups (broad SMARTS) is 1. The van der Waals surface area contributed by atoms with Crippen molar-refractivity contribution < 1.29 is 29.3 Å². The summed E-state index contributed by atoms with van der Waals surface area (Å²) in [5.74, 6) is -0.0389. The second-order valence-electron chi connectivity index (χ2n) is 20.1. The predicted molar refractivity (Wildman–Crippen MR) is 207 cm³/mol. The molecule has 0 saturated heterocycles. The maximum Gasteiger partial charge on any atom is 0.309 e. The van der Waals surface area contributed by atoms with E-state index in [1.165, 1.54) is 5.57 Å². The Kier molecular flexibility index (Phi) is 10.5. The van der Waals surface area contributed by atoms with Gasteiger partial charge in [0.1, 0.15) is 6.10 Å². The summed E-state index contributed by atoms with van der Waals surface area (Å²) in [5, 5.41) is 26.0. The molecule has 0 bridgehead atoms. The first-order chi connectivity index (χ1) is 24.5. The number of halogens is 1. The molecule has 0 aromatic carbocycles. The lowest BCUT2D eigenvalue weighted by molar-refractivity contribution is -0.235. The Bertz CT molecular complexity index is 1650. The SMILES string of the molecule is CC(C)C1=C2[C@H]3CC[C@@H]4[C@@]5(C)CC[C@H](OC(=O)CC(C)(C)C(=O)O)C(C)(C)[C@@H]5CC[C@@]4(C)[C@]3(C)CCC2(C(O)CN[C@H](C)c2ccc(Cl)cn2)CC1=O. The maximum absolute atomic E-state index is 14.1. The Morgan fingerprint density at radius 1 is 0.981 bits per heavy atom. The number of nitrogens with zero attached hydrogens (tertiary/aromatic N) is 1. The number of carbonyl (C=O) groups excluding carboxylic acids is 2. The molecule has 5 aliphatic rings. The summed E-state index contributed by atoms with van der Waals surface area (Å²) >= 11 is 6.09. The molecule has 1 aromatic rings. The van der Waals surface area contributed by atoms with Crippen molar-refractivity contribution in [3.63, 3.8) is 0 Å². The lowest BCUT2D eigenvalue weighted by atomic mass is 9.33. The molecule has 10 atom stereocenters. The number of hydrogen-bond acceptors (Lipinski definition) is 7. The molecule has 294 valence electrons. The van der Waals surface area contributed by atoms with Gasteiger partial charge >= 0.3 is 11.9 Å². The van der Waals surface area contributed by atoms with E-state index in [2.05, 4.69) is 58.8 Å². The van der Waals surface area contributed by atoms with E-state index in [4.69, 9.17) is 16.3 Å². The first-order valence-electron chi connectivity index (χ1n) is 20.3. The summed E-state index contributed by atoms with van der Waals surface area (Å²) in [6, 6.07) is 3.67. The van der Waals surface area contributed by atoms with Gasteiger partial charge in [-0.15, -0.1) is 0 Å². The van der Waals surface area contributed by atoms with Gasteiger partial charge in [0.25, 0.3) is 0 Å². The van der Waals surface area contributed by atoms with E-state index in [0.29, 0.717) is 29.8 Å². The molecule has 0 spiro atoms. The number of carboxylic acids is 1. The average Bonchev–Trinajstić information content (AvgIpc) is 3.38. The minimum Gasteiger partial charge on any atom is -0.481 e. The van der Waals surface area contributed by atoms with Crippen molar-refractivity contribution >= 4 is 29.3 Å². The highest BCUT2D eigenvalue weighted by Gasteiger charge is 2.70. The number of allylic oxidation sites excluding steroid dienone is 1. The number of pyridine rings is 1. The van der Waals surface area contributed by atoms with Crippen LogP contribution in [0.1, 0.15) is 145 Å². The number of nitrogens with one attached hydrogen (secondary N) is 1. The minimum absolute atomic E-state index is 0.0307. The molecule has 4 fully saturated rings. The first-order valence-corrected chi connectivity index (χ1v) is 20.7. The van der Waals surface area contributed by atoms with E-state index >= 15 is 0 Å². The molecule has 1 heterocycles. The normalized spacial score (nSPS) is 37.6. The molecule has 5 aliphatic carbocycles. The molecule has 0 radical (unpaired) electrons. The molecule has 9 heteroatoms. The number of ether oxygens (including phenoxy) is 1. The quantitative estimate of drug-likeness (QED) is 0.202. The monoisotopic (exact) mass is 752 g/mol. The van der Waals surface area contributed by atoms with Gasteiger partial charge in [0.2, 0.25) is 0 Å². The fourth-order valence-corrected chi connectivity index (χ4v) is 13.3. The van der Waals surface area contributed by atoms with E-state index in [1.807, 2.05) is 19.1 Å². The number of aromatic nitrogens is 1. The van der Waals surface area contributed by atoms with Gasteiger partial charge in [-0.05, 0) is 130 Å². The molecule has 8 nitrogen and oxygen atoms in total. The molecular formula is C44H65ClN2O6. The Morgan fingerprint density at radius 3 is 2.30 bits per heavy atom. The second kappa shape index (κ2) is 13.7. The minimum atomic E-state index is -1.17. The fraction of sp³-hybridized carbons (Fsp3) is 0.773. The number of aliphatic hydroxyl groups is 1. The van der Waals surface area contributed by atoms with Gasteiger partial charge in [0, 0.05) is 36.0 Å². The number of Topliss-reactive ketones (excluding diaryl/α,β-unsaturated/α-hetero) is 1. The van der Waals surface area contributed by atoms with Crippen LogP contribution in [0.5, 0.6) is 0 Å². The number of carbonyl (C=O) groups is 3. The molecule has 0 amide bonds. The van der Waals surface area contributed by atoms with Crippen LogP contribution in [-0.2, 0) is 19.1 Å². The van der Waals surface area contributed by atoms with Gasteiger partial charge in [-0.2, -0.15) is 0 Å². The van der Waals surface area contributed by atoms with Crippen molar-refractivity contribution in [1.29, 1.82) is 0 Å². The Labute approximate surface area is 322 Å². The fourth-order valence-electron chi connectivity index (χ4n) is 13.1. The molecule has 4 saturated carbocycles. The average molecular weight is 753 g/mol. The van der Waals surface area contributed by atoms with Crippen molar-refractivity contribution in [3.8, 4) is 0 Å². The summed E-state index contributed by atoms with van der Waals surface area (Å²) in [7, 11) is 0. The van der Waals surface area contributed by atoms with Gasteiger partial charge in [-0.3, -0.25) is 19.4 Å². The van der Waals surface area contributed by atoms with Crippen LogP contribution < -0.4 is 5.32 Å². The summed E-state index contributed by atoms with van der Waals surface area (Å²) in [6.07, 6.45) is 8.65. The molecule has 53 heavy (non-hydrogen) atoms. The van der Waals surface area contributed by atoms with Crippen molar-refractivity contribution in [3.05, 3.63) is 40.2 Å². The van der Waals surface area contributed by atoms with Crippen LogP contribution in [0.3, 0.4) is 0 Å². The Morgan fingerprint density at radius 2 is 1.68 bits per heavy atom. The second-order valence-corrected chi connectivity index (χ2v) is 20.5.